The highest BCUT2D eigenvalue weighted by molar-refractivity contribution is 7.80. The van der Waals surface area contributed by atoms with Gasteiger partial charge in [0, 0.05) is 24.9 Å². The van der Waals surface area contributed by atoms with Gasteiger partial charge in [0.2, 0.25) is 0 Å². The Hall–Kier alpha value is -1.20. The van der Waals surface area contributed by atoms with Crippen molar-refractivity contribution in [1.82, 2.24) is 4.98 Å². The zero-order valence-electron chi connectivity index (χ0n) is 9.69. The van der Waals surface area contributed by atoms with Gasteiger partial charge in [-0.2, -0.15) is 0 Å². The molecule has 1 fully saturated rings. The largest absolute Gasteiger partial charge is 0.389 e. The van der Waals surface area contributed by atoms with E-state index >= 15 is 0 Å². The Morgan fingerprint density at radius 1 is 1.65 bits per heavy atom. The van der Waals surface area contributed by atoms with E-state index in [4.69, 9.17) is 22.7 Å². The topological polar surface area (TPSA) is 60.2 Å². The lowest BCUT2D eigenvalue weighted by molar-refractivity contribution is 0.107. The Morgan fingerprint density at radius 2 is 2.53 bits per heavy atom. The van der Waals surface area contributed by atoms with E-state index < -0.39 is 0 Å². The van der Waals surface area contributed by atoms with Crippen molar-refractivity contribution in [2.75, 3.05) is 18.5 Å². The van der Waals surface area contributed by atoms with Crippen molar-refractivity contribution in [3.8, 4) is 0 Å². The number of aromatic nitrogens is 1. The highest BCUT2D eigenvalue weighted by atomic mass is 32.1. The molecule has 0 aromatic carbocycles. The smallest absolute Gasteiger partial charge is 0.106 e. The standard InChI is InChI=1S/C12H17N3OS/c13-12(17)10-4-5-14-8-11(10)15-6-3-9-2-1-7-16-9/h4-5,8-9,15H,1-3,6-7H2,(H2,13,17). The number of rotatable bonds is 5. The molecular weight excluding hydrogens is 234 g/mol. The number of anilines is 1. The first kappa shape index (κ1) is 12.3. The molecule has 17 heavy (non-hydrogen) atoms. The second kappa shape index (κ2) is 5.93. The van der Waals surface area contributed by atoms with Crippen molar-refractivity contribution in [3.63, 3.8) is 0 Å². The van der Waals surface area contributed by atoms with Crippen LogP contribution in [0.3, 0.4) is 0 Å². The van der Waals surface area contributed by atoms with E-state index in [2.05, 4.69) is 10.3 Å². The Kier molecular flexibility index (Phi) is 4.28. The van der Waals surface area contributed by atoms with Crippen molar-refractivity contribution in [3.05, 3.63) is 24.0 Å². The minimum Gasteiger partial charge on any atom is -0.389 e. The van der Waals surface area contributed by atoms with Crippen LogP contribution in [0.25, 0.3) is 0 Å². The minimum atomic E-state index is 0.395. The monoisotopic (exact) mass is 251 g/mol. The summed E-state index contributed by atoms with van der Waals surface area (Å²) in [6, 6.07) is 1.83. The molecule has 3 N–H and O–H groups in total. The molecule has 4 nitrogen and oxygen atoms in total. The summed E-state index contributed by atoms with van der Waals surface area (Å²) in [7, 11) is 0. The normalized spacial score (nSPS) is 19.2. The number of hydrogen-bond donors (Lipinski definition) is 2. The van der Waals surface area contributed by atoms with Gasteiger partial charge in [0.05, 0.1) is 18.0 Å². The van der Waals surface area contributed by atoms with E-state index in [0.717, 1.165) is 37.2 Å². The fraction of sp³-hybridized carbons (Fsp3) is 0.500. The minimum absolute atomic E-state index is 0.395. The van der Waals surface area contributed by atoms with Gasteiger partial charge < -0.3 is 15.8 Å². The number of nitrogens with zero attached hydrogens (tertiary/aromatic N) is 1. The van der Waals surface area contributed by atoms with Crippen molar-refractivity contribution < 1.29 is 4.74 Å². The second-order valence-corrected chi connectivity index (χ2v) is 4.58. The fourth-order valence-electron chi connectivity index (χ4n) is 1.99. The number of nitrogens with two attached hydrogens (primary N) is 1. The lowest BCUT2D eigenvalue weighted by atomic mass is 10.1. The van der Waals surface area contributed by atoms with Crippen LogP contribution in [0, 0.1) is 0 Å². The molecule has 1 unspecified atom stereocenters. The van der Waals surface area contributed by atoms with Crippen molar-refractivity contribution in [2.24, 2.45) is 5.73 Å². The molecule has 92 valence electrons. The summed E-state index contributed by atoms with van der Waals surface area (Å²) in [5.41, 5.74) is 7.40. The van der Waals surface area contributed by atoms with Crippen molar-refractivity contribution >= 4 is 22.9 Å². The van der Waals surface area contributed by atoms with Gasteiger partial charge in [-0.15, -0.1) is 0 Å². The molecule has 0 aliphatic carbocycles. The maximum atomic E-state index is 5.65. The van der Waals surface area contributed by atoms with Gasteiger partial charge in [-0.25, -0.2) is 0 Å². The lowest BCUT2D eigenvalue weighted by Crippen LogP contribution is -2.16. The predicted molar refractivity (Wildman–Crippen MR) is 72.2 cm³/mol. The van der Waals surface area contributed by atoms with Crippen molar-refractivity contribution in [2.45, 2.75) is 25.4 Å². The van der Waals surface area contributed by atoms with E-state index in [1.54, 1.807) is 12.4 Å². The Balaban J connectivity index is 1.87. The molecule has 1 aromatic rings. The molecule has 0 spiro atoms. The molecule has 2 heterocycles. The summed E-state index contributed by atoms with van der Waals surface area (Å²) >= 11 is 4.99. The van der Waals surface area contributed by atoms with Gasteiger partial charge in [0.15, 0.2) is 0 Å². The molecule has 0 bridgehead atoms. The summed E-state index contributed by atoms with van der Waals surface area (Å²) in [5, 5.41) is 3.31. The zero-order chi connectivity index (χ0) is 12.1. The number of pyridine rings is 1. The Morgan fingerprint density at radius 3 is 3.24 bits per heavy atom. The van der Waals surface area contributed by atoms with Crippen LogP contribution in [-0.2, 0) is 4.74 Å². The van der Waals surface area contributed by atoms with Crippen LogP contribution in [0.1, 0.15) is 24.8 Å². The van der Waals surface area contributed by atoms with E-state index in [9.17, 15) is 0 Å². The first-order chi connectivity index (χ1) is 8.27. The van der Waals surface area contributed by atoms with Gasteiger partial charge >= 0.3 is 0 Å². The van der Waals surface area contributed by atoms with E-state index in [1.807, 2.05) is 6.07 Å². The lowest BCUT2D eigenvalue weighted by Gasteiger charge is -2.13. The van der Waals surface area contributed by atoms with Gasteiger partial charge in [0.1, 0.15) is 4.99 Å². The molecular formula is C12H17N3OS. The highest BCUT2D eigenvalue weighted by Gasteiger charge is 2.14. The van der Waals surface area contributed by atoms with Crippen LogP contribution in [0.2, 0.25) is 0 Å². The maximum Gasteiger partial charge on any atom is 0.106 e. The van der Waals surface area contributed by atoms with Gasteiger partial charge in [-0.1, -0.05) is 12.2 Å². The molecule has 0 saturated carbocycles. The molecule has 5 heteroatoms. The van der Waals surface area contributed by atoms with Crippen LogP contribution < -0.4 is 11.1 Å². The van der Waals surface area contributed by atoms with Crippen LogP contribution in [0.15, 0.2) is 18.5 Å². The molecule has 1 saturated heterocycles. The van der Waals surface area contributed by atoms with Crippen molar-refractivity contribution in [1.29, 1.82) is 0 Å². The summed E-state index contributed by atoms with van der Waals surface area (Å²) < 4.78 is 5.56. The third kappa shape index (κ3) is 3.38. The quantitative estimate of drug-likeness (QED) is 0.780. The average molecular weight is 251 g/mol. The summed E-state index contributed by atoms with van der Waals surface area (Å²) in [6.45, 7) is 1.75. The highest BCUT2D eigenvalue weighted by Crippen LogP contribution is 2.17. The third-order valence-electron chi connectivity index (χ3n) is 2.89. The third-order valence-corrected chi connectivity index (χ3v) is 3.11. The zero-order valence-corrected chi connectivity index (χ0v) is 10.5. The summed E-state index contributed by atoms with van der Waals surface area (Å²) in [4.78, 5) is 4.46. The number of hydrogen-bond acceptors (Lipinski definition) is 4. The van der Waals surface area contributed by atoms with Gasteiger partial charge in [0.25, 0.3) is 0 Å². The van der Waals surface area contributed by atoms with E-state index in [-0.39, 0.29) is 0 Å². The van der Waals surface area contributed by atoms with Gasteiger partial charge in [-0.05, 0) is 25.3 Å². The summed E-state index contributed by atoms with van der Waals surface area (Å²) in [5.74, 6) is 0. The Bertz CT molecular complexity index is 391. The molecule has 1 atom stereocenters. The second-order valence-electron chi connectivity index (χ2n) is 4.14. The molecule has 2 rings (SSSR count). The van der Waals surface area contributed by atoms with Crippen LogP contribution in [0.4, 0.5) is 5.69 Å². The maximum absolute atomic E-state index is 5.65. The molecule has 0 amide bonds. The summed E-state index contributed by atoms with van der Waals surface area (Å²) in [6.07, 6.45) is 7.19. The predicted octanol–water partition coefficient (Wildman–Crippen LogP) is 1.70. The van der Waals surface area contributed by atoms with E-state index in [0.29, 0.717) is 11.1 Å². The fourth-order valence-corrected chi connectivity index (χ4v) is 2.17. The molecule has 1 aliphatic heterocycles. The average Bonchev–Trinajstić information content (AvgIpc) is 2.82. The first-order valence-electron chi connectivity index (χ1n) is 5.86. The number of thiocarbonyl (C=S) groups is 1. The molecule has 1 aliphatic rings. The van der Waals surface area contributed by atoms with Crippen LogP contribution >= 0.6 is 12.2 Å². The number of nitrogens with one attached hydrogen (secondary N) is 1. The Labute approximate surface area is 107 Å². The molecule has 0 radical (unpaired) electrons. The molecule has 1 aromatic heterocycles. The number of ether oxygens (including phenoxy) is 1. The first-order valence-corrected chi connectivity index (χ1v) is 6.27. The van der Waals surface area contributed by atoms with Crippen LogP contribution in [0.5, 0.6) is 0 Å². The van der Waals surface area contributed by atoms with Gasteiger partial charge in [-0.3, -0.25) is 4.98 Å². The SMILES string of the molecule is NC(=S)c1ccncc1NCCC1CCCO1. The van der Waals surface area contributed by atoms with E-state index in [1.165, 1.54) is 6.42 Å². The van der Waals surface area contributed by atoms with Crippen LogP contribution in [-0.4, -0.2) is 29.2 Å².